The molecule has 0 spiro atoms. The van der Waals surface area contributed by atoms with Crippen molar-refractivity contribution in [2.45, 2.75) is 45.2 Å². The second-order valence-corrected chi connectivity index (χ2v) is 5.82. The van der Waals surface area contributed by atoms with Crippen LogP contribution in [0.4, 0.5) is 4.39 Å². The maximum Gasteiger partial charge on any atom is 0.137 e. The molecule has 1 aromatic carbocycles. The Morgan fingerprint density at radius 2 is 2.12 bits per heavy atom. The van der Waals surface area contributed by atoms with E-state index in [9.17, 15) is 4.39 Å². The summed E-state index contributed by atoms with van der Waals surface area (Å²) in [7, 11) is 0. The van der Waals surface area contributed by atoms with Crippen molar-refractivity contribution in [3.63, 3.8) is 0 Å². The molecule has 0 bridgehead atoms. The highest BCUT2D eigenvalue weighted by atomic mass is 79.9. The molecular formula is C14H19BrFN. The molecule has 3 heteroatoms. The van der Waals surface area contributed by atoms with Gasteiger partial charge in [-0.1, -0.05) is 18.9 Å². The Morgan fingerprint density at radius 1 is 1.41 bits per heavy atom. The molecule has 1 aliphatic carbocycles. The predicted molar refractivity (Wildman–Crippen MR) is 72.4 cm³/mol. The van der Waals surface area contributed by atoms with E-state index in [1.54, 1.807) is 12.1 Å². The Kier molecular flexibility index (Phi) is 4.57. The fourth-order valence-corrected chi connectivity index (χ4v) is 2.80. The summed E-state index contributed by atoms with van der Waals surface area (Å²) >= 11 is 3.17. The van der Waals surface area contributed by atoms with Crippen molar-refractivity contribution in [2.24, 2.45) is 5.92 Å². The third-order valence-corrected chi connectivity index (χ3v) is 4.36. The summed E-state index contributed by atoms with van der Waals surface area (Å²) in [5.74, 6) is 0.619. The highest BCUT2D eigenvalue weighted by molar-refractivity contribution is 9.10. The summed E-state index contributed by atoms with van der Waals surface area (Å²) in [4.78, 5) is 0. The minimum atomic E-state index is -0.183. The van der Waals surface area contributed by atoms with Gasteiger partial charge in [-0.15, -0.1) is 0 Å². The molecule has 1 aliphatic rings. The molecule has 1 N–H and O–H groups in total. The van der Waals surface area contributed by atoms with Gasteiger partial charge in [0.25, 0.3) is 0 Å². The van der Waals surface area contributed by atoms with E-state index in [2.05, 4.69) is 28.2 Å². The summed E-state index contributed by atoms with van der Waals surface area (Å²) in [5.41, 5.74) is 1.01. The van der Waals surface area contributed by atoms with E-state index < -0.39 is 0 Å². The average Bonchev–Trinajstić information content (AvgIpc) is 2.84. The van der Waals surface area contributed by atoms with Crippen LogP contribution in [-0.4, -0.2) is 6.04 Å². The fourth-order valence-electron chi connectivity index (χ4n) is 2.55. The molecule has 0 amide bonds. The molecule has 0 radical (unpaired) electrons. The first kappa shape index (κ1) is 13.0. The third kappa shape index (κ3) is 3.52. The Bertz CT molecular complexity index is 374. The highest BCUT2D eigenvalue weighted by Gasteiger charge is 2.20. The van der Waals surface area contributed by atoms with Crippen LogP contribution in [-0.2, 0) is 6.54 Å². The molecule has 1 fully saturated rings. The molecule has 1 atom stereocenters. The van der Waals surface area contributed by atoms with Gasteiger partial charge in [-0.3, -0.25) is 0 Å². The zero-order chi connectivity index (χ0) is 12.3. The zero-order valence-corrected chi connectivity index (χ0v) is 11.8. The second kappa shape index (κ2) is 5.96. The lowest BCUT2D eigenvalue weighted by Gasteiger charge is -2.20. The average molecular weight is 300 g/mol. The van der Waals surface area contributed by atoms with Gasteiger partial charge in [0.1, 0.15) is 5.82 Å². The summed E-state index contributed by atoms with van der Waals surface area (Å²) in [5, 5.41) is 3.51. The van der Waals surface area contributed by atoms with Gasteiger partial charge in [0, 0.05) is 12.6 Å². The number of rotatable bonds is 4. The number of hydrogen-bond acceptors (Lipinski definition) is 1. The van der Waals surface area contributed by atoms with Crippen molar-refractivity contribution in [1.29, 1.82) is 0 Å². The maximum atomic E-state index is 13.3. The van der Waals surface area contributed by atoms with Crippen LogP contribution in [0.3, 0.4) is 0 Å². The van der Waals surface area contributed by atoms with Gasteiger partial charge >= 0.3 is 0 Å². The van der Waals surface area contributed by atoms with Crippen molar-refractivity contribution in [3.8, 4) is 0 Å². The van der Waals surface area contributed by atoms with Crippen molar-refractivity contribution < 1.29 is 4.39 Å². The van der Waals surface area contributed by atoms with Crippen molar-refractivity contribution in [2.75, 3.05) is 0 Å². The Morgan fingerprint density at radius 3 is 2.76 bits per heavy atom. The summed E-state index contributed by atoms with van der Waals surface area (Å²) in [6.45, 7) is 2.99. The molecule has 2 rings (SSSR count). The molecule has 0 heterocycles. The molecular weight excluding hydrogens is 281 g/mol. The third-order valence-electron chi connectivity index (χ3n) is 3.72. The van der Waals surface area contributed by atoms with Crippen LogP contribution in [0, 0.1) is 11.7 Å². The number of benzene rings is 1. The van der Waals surface area contributed by atoms with Gasteiger partial charge < -0.3 is 5.32 Å². The Hall–Kier alpha value is -0.410. The number of hydrogen-bond donors (Lipinski definition) is 1. The highest BCUT2D eigenvalue weighted by Crippen LogP contribution is 2.27. The topological polar surface area (TPSA) is 12.0 Å². The van der Waals surface area contributed by atoms with E-state index in [0.717, 1.165) is 18.0 Å². The molecule has 0 aromatic heterocycles. The summed E-state index contributed by atoms with van der Waals surface area (Å²) < 4.78 is 13.9. The monoisotopic (exact) mass is 299 g/mol. The molecule has 94 valence electrons. The van der Waals surface area contributed by atoms with Crippen LogP contribution in [0.1, 0.15) is 38.2 Å². The minimum absolute atomic E-state index is 0.183. The maximum absolute atomic E-state index is 13.3. The minimum Gasteiger partial charge on any atom is -0.310 e. The SMILES string of the molecule is C[C@H](NCc1ccc(Br)c(F)c1)C1CCCC1. The van der Waals surface area contributed by atoms with Crippen molar-refractivity contribution >= 4 is 15.9 Å². The molecule has 1 aromatic rings. The smallest absolute Gasteiger partial charge is 0.137 e. The van der Waals surface area contributed by atoms with Crippen molar-refractivity contribution in [1.82, 2.24) is 5.32 Å². The zero-order valence-electron chi connectivity index (χ0n) is 10.2. The lowest BCUT2D eigenvalue weighted by atomic mass is 9.99. The van der Waals surface area contributed by atoms with Gasteiger partial charge in [-0.25, -0.2) is 4.39 Å². The molecule has 1 saturated carbocycles. The van der Waals surface area contributed by atoms with Gasteiger partial charge in [-0.05, 0) is 59.3 Å². The predicted octanol–water partition coefficient (Wildman–Crippen LogP) is 4.26. The van der Waals surface area contributed by atoms with E-state index in [1.807, 2.05) is 6.07 Å². The van der Waals surface area contributed by atoms with Crippen LogP contribution in [0.15, 0.2) is 22.7 Å². The first-order chi connectivity index (χ1) is 8.16. The van der Waals surface area contributed by atoms with E-state index >= 15 is 0 Å². The van der Waals surface area contributed by atoms with Crippen LogP contribution >= 0.6 is 15.9 Å². The first-order valence-electron chi connectivity index (χ1n) is 6.34. The normalized spacial score (nSPS) is 18.5. The quantitative estimate of drug-likeness (QED) is 0.876. The van der Waals surface area contributed by atoms with E-state index in [0.29, 0.717) is 10.5 Å². The molecule has 0 aliphatic heterocycles. The molecule has 17 heavy (non-hydrogen) atoms. The van der Waals surface area contributed by atoms with Gasteiger partial charge in [0.15, 0.2) is 0 Å². The largest absolute Gasteiger partial charge is 0.310 e. The summed E-state index contributed by atoms with van der Waals surface area (Å²) in [6, 6.07) is 5.86. The van der Waals surface area contributed by atoms with Crippen LogP contribution in [0.25, 0.3) is 0 Å². The Labute approximate surface area is 111 Å². The molecule has 0 unspecified atom stereocenters. The lowest BCUT2D eigenvalue weighted by molar-refractivity contribution is 0.380. The Balaban J connectivity index is 1.86. The van der Waals surface area contributed by atoms with Gasteiger partial charge in [-0.2, -0.15) is 0 Å². The number of halogens is 2. The van der Waals surface area contributed by atoms with Crippen LogP contribution in [0.2, 0.25) is 0 Å². The van der Waals surface area contributed by atoms with E-state index in [-0.39, 0.29) is 5.82 Å². The summed E-state index contributed by atoms with van der Waals surface area (Å²) in [6.07, 6.45) is 5.40. The first-order valence-corrected chi connectivity index (χ1v) is 7.13. The van der Waals surface area contributed by atoms with Gasteiger partial charge in [0.05, 0.1) is 4.47 Å². The lowest BCUT2D eigenvalue weighted by Crippen LogP contribution is -2.31. The van der Waals surface area contributed by atoms with Gasteiger partial charge in [0.2, 0.25) is 0 Å². The molecule has 1 nitrogen and oxygen atoms in total. The van der Waals surface area contributed by atoms with E-state index in [1.165, 1.54) is 25.7 Å². The second-order valence-electron chi connectivity index (χ2n) is 4.96. The van der Waals surface area contributed by atoms with Crippen LogP contribution in [0.5, 0.6) is 0 Å². The van der Waals surface area contributed by atoms with Crippen LogP contribution < -0.4 is 5.32 Å². The molecule has 0 saturated heterocycles. The van der Waals surface area contributed by atoms with Crippen molar-refractivity contribution in [3.05, 3.63) is 34.1 Å². The number of nitrogens with one attached hydrogen (secondary N) is 1. The van der Waals surface area contributed by atoms with E-state index in [4.69, 9.17) is 0 Å². The standard InChI is InChI=1S/C14H19BrFN/c1-10(12-4-2-3-5-12)17-9-11-6-7-13(15)14(16)8-11/h6-8,10,12,17H,2-5,9H2,1H3/t10-/m0/s1. The fraction of sp³-hybridized carbons (Fsp3) is 0.571.